The fourth-order valence-corrected chi connectivity index (χ4v) is 3.78. The second-order valence-corrected chi connectivity index (χ2v) is 6.97. The summed E-state index contributed by atoms with van der Waals surface area (Å²) in [4.78, 5) is 14.8. The number of ether oxygens (including phenoxy) is 3. The van der Waals surface area contributed by atoms with Gasteiger partial charge < -0.3 is 19.1 Å². The van der Waals surface area contributed by atoms with Gasteiger partial charge in [0.1, 0.15) is 17.7 Å². The molecular weight excluding hydrogens is 332 g/mol. The van der Waals surface area contributed by atoms with Crippen molar-refractivity contribution in [3.63, 3.8) is 0 Å². The molecule has 2 aliphatic rings. The van der Waals surface area contributed by atoms with E-state index >= 15 is 0 Å². The van der Waals surface area contributed by atoms with Gasteiger partial charge >= 0.3 is 0 Å². The summed E-state index contributed by atoms with van der Waals surface area (Å²) in [5.41, 5.74) is -0.0495. The van der Waals surface area contributed by atoms with Crippen LogP contribution in [0.5, 0.6) is 11.8 Å². The molecule has 2 aromatic heterocycles. The maximum atomic E-state index is 6.14. The first-order chi connectivity index (χ1) is 12.8. The first kappa shape index (κ1) is 17.0. The van der Waals surface area contributed by atoms with Gasteiger partial charge in [-0.15, -0.1) is 0 Å². The monoisotopic (exact) mass is 356 g/mol. The molecule has 2 fully saturated rings. The number of aromatic nitrogens is 3. The van der Waals surface area contributed by atoms with Crippen molar-refractivity contribution in [3.05, 3.63) is 36.8 Å². The van der Waals surface area contributed by atoms with Gasteiger partial charge in [0, 0.05) is 24.9 Å². The summed E-state index contributed by atoms with van der Waals surface area (Å²) in [5, 5.41) is 0. The number of hydrogen-bond acceptors (Lipinski definition) is 7. The molecule has 26 heavy (non-hydrogen) atoms. The molecule has 0 amide bonds. The predicted octanol–water partition coefficient (Wildman–Crippen LogP) is 2.33. The Bertz CT molecular complexity index is 722. The zero-order valence-corrected chi connectivity index (χ0v) is 15.0. The maximum absolute atomic E-state index is 6.14. The van der Waals surface area contributed by atoms with Gasteiger partial charge in [-0.05, 0) is 31.2 Å². The molecule has 2 aromatic rings. The highest BCUT2D eigenvalue weighted by atomic mass is 16.5. The van der Waals surface area contributed by atoms with E-state index in [-0.39, 0.29) is 5.60 Å². The quantitative estimate of drug-likeness (QED) is 0.787. The minimum absolute atomic E-state index is 0.0495. The summed E-state index contributed by atoms with van der Waals surface area (Å²) in [7, 11) is 1.62. The first-order valence-corrected chi connectivity index (χ1v) is 9.05. The topological polar surface area (TPSA) is 69.6 Å². The van der Waals surface area contributed by atoms with Crippen LogP contribution in [-0.2, 0) is 4.74 Å². The van der Waals surface area contributed by atoms with E-state index in [0.29, 0.717) is 24.3 Å². The van der Waals surface area contributed by atoms with Crippen LogP contribution in [-0.4, -0.2) is 54.0 Å². The molecule has 7 nitrogen and oxygen atoms in total. The van der Waals surface area contributed by atoms with E-state index in [1.807, 2.05) is 24.3 Å². The van der Waals surface area contributed by atoms with E-state index < -0.39 is 0 Å². The lowest BCUT2D eigenvalue weighted by atomic mass is 9.79. The highest BCUT2D eigenvalue weighted by Crippen LogP contribution is 2.39. The van der Waals surface area contributed by atoms with E-state index in [1.165, 1.54) is 0 Å². The van der Waals surface area contributed by atoms with Crippen molar-refractivity contribution in [2.75, 3.05) is 38.3 Å². The summed E-state index contributed by atoms with van der Waals surface area (Å²) in [5.74, 6) is 2.80. The smallest absolute Gasteiger partial charge is 0.218 e. The maximum Gasteiger partial charge on any atom is 0.218 e. The largest absolute Gasteiger partial charge is 0.481 e. The Kier molecular flexibility index (Phi) is 4.88. The third kappa shape index (κ3) is 3.72. The summed E-state index contributed by atoms with van der Waals surface area (Å²) in [6.45, 7) is 3.25. The number of pyridine rings is 1. The molecule has 1 atom stereocenters. The molecule has 0 aliphatic carbocycles. The average molecular weight is 356 g/mol. The van der Waals surface area contributed by atoms with Crippen molar-refractivity contribution in [1.82, 2.24) is 15.0 Å². The second-order valence-electron chi connectivity index (χ2n) is 6.97. The molecule has 0 N–H and O–H groups in total. The van der Waals surface area contributed by atoms with Crippen LogP contribution >= 0.6 is 0 Å². The van der Waals surface area contributed by atoms with Crippen molar-refractivity contribution in [2.24, 2.45) is 5.92 Å². The van der Waals surface area contributed by atoms with Gasteiger partial charge in [-0.1, -0.05) is 6.07 Å². The van der Waals surface area contributed by atoms with Gasteiger partial charge in [-0.3, -0.25) is 0 Å². The molecule has 2 aliphatic heterocycles. The lowest BCUT2D eigenvalue weighted by Crippen LogP contribution is -2.65. The van der Waals surface area contributed by atoms with Crippen molar-refractivity contribution in [2.45, 2.75) is 24.9 Å². The Morgan fingerprint density at radius 2 is 2.15 bits per heavy atom. The molecule has 0 aromatic carbocycles. The van der Waals surface area contributed by atoms with E-state index in [4.69, 9.17) is 14.2 Å². The second kappa shape index (κ2) is 7.45. The van der Waals surface area contributed by atoms with Gasteiger partial charge in [0.2, 0.25) is 11.8 Å². The third-order valence-corrected chi connectivity index (χ3v) is 5.13. The highest BCUT2D eigenvalue weighted by molar-refractivity contribution is 5.45. The zero-order chi connectivity index (χ0) is 17.8. The van der Waals surface area contributed by atoms with Crippen LogP contribution in [0.4, 0.5) is 5.82 Å². The Morgan fingerprint density at radius 1 is 1.23 bits per heavy atom. The standard InChI is InChI=1S/C19H24N4O3/c1-24-18-10-16(21-14-22-18)23-12-19(13-23)11-15(6-9-26-19)5-8-25-17-4-2-3-7-20-17/h2-4,7,10,14-15H,5-6,8-9,11-13H2,1H3/t15-/m0/s1. The molecule has 1 spiro atoms. The van der Waals surface area contributed by atoms with Crippen LogP contribution in [0.1, 0.15) is 19.3 Å². The average Bonchev–Trinajstić information content (AvgIpc) is 2.67. The molecule has 0 unspecified atom stereocenters. The van der Waals surface area contributed by atoms with Gasteiger partial charge in [0.15, 0.2) is 0 Å². The third-order valence-electron chi connectivity index (χ3n) is 5.13. The number of hydrogen-bond donors (Lipinski definition) is 0. The van der Waals surface area contributed by atoms with Crippen LogP contribution in [0.15, 0.2) is 36.8 Å². The van der Waals surface area contributed by atoms with Crippen molar-refractivity contribution >= 4 is 5.82 Å². The van der Waals surface area contributed by atoms with Crippen molar-refractivity contribution < 1.29 is 14.2 Å². The van der Waals surface area contributed by atoms with Crippen molar-refractivity contribution in [1.29, 1.82) is 0 Å². The lowest BCUT2D eigenvalue weighted by Gasteiger charge is -2.53. The Morgan fingerprint density at radius 3 is 2.96 bits per heavy atom. The van der Waals surface area contributed by atoms with Gasteiger partial charge in [-0.2, -0.15) is 0 Å². The summed E-state index contributed by atoms with van der Waals surface area (Å²) in [6, 6.07) is 7.60. The number of nitrogens with zero attached hydrogens (tertiary/aromatic N) is 4. The van der Waals surface area contributed by atoms with Gasteiger partial charge in [-0.25, -0.2) is 15.0 Å². The van der Waals surface area contributed by atoms with Crippen LogP contribution in [0, 0.1) is 5.92 Å². The fourth-order valence-electron chi connectivity index (χ4n) is 3.78. The number of anilines is 1. The Hall–Kier alpha value is -2.41. The normalized spacial score (nSPS) is 21.3. The van der Waals surface area contributed by atoms with Crippen LogP contribution in [0.2, 0.25) is 0 Å². The Balaban J connectivity index is 1.27. The molecule has 0 bridgehead atoms. The Labute approximate surface area is 153 Å². The molecule has 0 saturated carbocycles. The van der Waals surface area contributed by atoms with E-state index in [2.05, 4.69) is 19.9 Å². The zero-order valence-electron chi connectivity index (χ0n) is 15.0. The lowest BCUT2D eigenvalue weighted by molar-refractivity contribution is -0.115. The summed E-state index contributed by atoms with van der Waals surface area (Å²) < 4.78 is 17.1. The van der Waals surface area contributed by atoms with E-state index in [0.717, 1.165) is 44.8 Å². The van der Waals surface area contributed by atoms with E-state index in [1.54, 1.807) is 19.6 Å². The molecule has 4 heterocycles. The van der Waals surface area contributed by atoms with Crippen LogP contribution in [0.25, 0.3) is 0 Å². The van der Waals surface area contributed by atoms with E-state index in [9.17, 15) is 0 Å². The minimum Gasteiger partial charge on any atom is -0.481 e. The molecule has 4 rings (SSSR count). The molecule has 7 heteroatoms. The summed E-state index contributed by atoms with van der Waals surface area (Å²) >= 11 is 0. The SMILES string of the molecule is COc1cc(N2CC3(C[C@@H](CCOc4ccccn4)CCO3)C2)ncn1. The fraction of sp³-hybridized carbons (Fsp3) is 0.526. The minimum atomic E-state index is -0.0495. The molecular formula is C19H24N4O3. The summed E-state index contributed by atoms with van der Waals surface area (Å²) in [6.07, 6.45) is 6.48. The first-order valence-electron chi connectivity index (χ1n) is 9.05. The molecule has 0 radical (unpaired) electrons. The number of rotatable bonds is 6. The highest BCUT2D eigenvalue weighted by Gasteiger charge is 2.48. The molecule has 2 saturated heterocycles. The predicted molar refractivity (Wildman–Crippen MR) is 96.6 cm³/mol. The molecule has 138 valence electrons. The van der Waals surface area contributed by atoms with Gasteiger partial charge in [0.05, 0.1) is 26.8 Å². The van der Waals surface area contributed by atoms with Crippen LogP contribution in [0.3, 0.4) is 0 Å². The van der Waals surface area contributed by atoms with Crippen molar-refractivity contribution in [3.8, 4) is 11.8 Å². The number of methoxy groups -OCH3 is 1. The van der Waals surface area contributed by atoms with Crippen LogP contribution < -0.4 is 14.4 Å². The van der Waals surface area contributed by atoms with Gasteiger partial charge in [0.25, 0.3) is 0 Å².